The van der Waals surface area contributed by atoms with E-state index in [1.807, 2.05) is 53.9 Å². The average Bonchev–Trinajstić information content (AvgIpc) is 2.58. The van der Waals surface area contributed by atoms with Gasteiger partial charge in [-0.1, -0.05) is 60.7 Å². The second-order valence-corrected chi connectivity index (χ2v) is 5.61. The zero-order valence-corrected chi connectivity index (χ0v) is 12.5. The van der Waals surface area contributed by atoms with Crippen LogP contribution in [0.4, 0.5) is 4.39 Å². The minimum atomic E-state index is -0.365. The normalized spacial score (nSPS) is 10.2. The number of hydrogen-bond acceptors (Lipinski definition) is 2. The largest absolute Gasteiger partial charge is 0.206 e. The molecule has 0 radical (unpaired) electrons. The number of thiocyanates is 1. The van der Waals surface area contributed by atoms with Crippen molar-refractivity contribution in [3.05, 3.63) is 78.6 Å². The quantitative estimate of drug-likeness (QED) is 0.455. The van der Waals surface area contributed by atoms with Crippen molar-refractivity contribution >= 4 is 11.8 Å². The van der Waals surface area contributed by atoms with Gasteiger partial charge in [-0.15, -0.1) is 0 Å². The van der Waals surface area contributed by atoms with E-state index in [0.717, 1.165) is 34.0 Å². The summed E-state index contributed by atoms with van der Waals surface area (Å²) in [6.07, 6.45) is 0. The SMILES string of the molecule is N#CSc1ccc(-c2ccc(-c3ccccc3)cc2)cc1F. The second-order valence-electron chi connectivity index (χ2n) is 4.78. The van der Waals surface area contributed by atoms with E-state index in [0.29, 0.717) is 4.90 Å². The summed E-state index contributed by atoms with van der Waals surface area (Å²) in [5.41, 5.74) is 4.04. The standard InChI is InChI=1S/C19H12FNS/c20-18-12-17(10-11-19(18)22-13-21)16-8-6-15(7-9-16)14-4-2-1-3-5-14/h1-12H. The van der Waals surface area contributed by atoms with Crippen molar-refractivity contribution in [3.63, 3.8) is 0 Å². The number of nitriles is 1. The van der Waals surface area contributed by atoms with Crippen LogP contribution in [0.2, 0.25) is 0 Å². The van der Waals surface area contributed by atoms with Gasteiger partial charge in [0.1, 0.15) is 11.2 Å². The first-order chi connectivity index (χ1) is 10.8. The van der Waals surface area contributed by atoms with Crippen LogP contribution in [0, 0.1) is 16.5 Å². The Labute approximate surface area is 133 Å². The number of benzene rings is 3. The fraction of sp³-hybridized carbons (Fsp3) is 0. The molecule has 22 heavy (non-hydrogen) atoms. The van der Waals surface area contributed by atoms with E-state index in [1.165, 1.54) is 6.07 Å². The Morgan fingerprint density at radius 1 is 0.727 bits per heavy atom. The molecule has 0 unspecified atom stereocenters. The van der Waals surface area contributed by atoms with Crippen molar-refractivity contribution in [3.8, 4) is 27.7 Å². The Morgan fingerprint density at radius 3 is 1.86 bits per heavy atom. The first kappa shape index (κ1) is 14.4. The Balaban J connectivity index is 1.90. The summed E-state index contributed by atoms with van der Waals surface area (Å²) >= 11 is 0.836. The van der Waals surface area contributed by atoms with E-state index in [4.69, 9.17) is 5.26 Å². The predicted molar refractivity (Wildman–Crippen MR) is 88.7 cm³/mol. The van der Waals surface area contributed by atoms with Gasteiger partial charge in [-0.3, -0.25) is 0 Å². The van der Waals surface area contributed by atoms with E-state index in [-0.39, 0.29) is 5.82 Å². The zero-order valence-electron chi connectivity index (χ0n) is 11.7. The molecule has 0 aromatic heterocycles. The molecule has 3 aromatic carbocycles. The van der Waals surface area contributed by atoms with E-state index < -0.39 is 0 Å². The molecule has 0 saturated carbocycles. The van der Waals surface area contributed by atoms with Crippen LogP contribution >= 0.6 is 11.8 Å². The molecule has 0 bridgehead atoms. The van der Waals surface area contributed by atoms with Crippen LogP contribution in [0.25, 0.3) is 22.3 Å². The lowest BCUT2D eigenvalue weighted by Crippen LogP contribution is -1.84. The van der Waals surface area contributed by atoms with E-state index in [1.54, 1.807) is 6.07 Å². The van der Waals surface area contributed by atoms with E-state index >= 15 is 0 Å². The molecule has 0 heterocycles. The molecule has 3 heteroatoms. The van der Waals surface area contributed by atoms with Crippen LogP contribution in [-0.2, 0) is 0 Å². The van der Waals surface area contributed by atoms with Gasteiger partial charge >= 0.3 is 0 Å². The van der Waals surface area contributed by atoms with E-state index in [2.05, 4.69) is 12.1 Å². The maximum absolute atomic E-state index is 13.9. The molecule has 0 N–H and O–H groups in total. The summed E-state index contributed by atoms with van der Waals surface area (Å²) < 4.78 is 13.9. The first-order valence-corrected chi connectivity index (χ1v) is 7.61. The van der Waals surface area contributed by atoms with E-state index in [9.17, 15) is 4.39 Å². The highest BCUT2D eigenvalue weighted by Gasteiger charge is 2.06. The van der Waals surface area contributed by atoms with Gasteiger partial charge in [-0.2, -0.15) is 5.26 Å². The van der Waals surface area contributed by atoms with Gasteiger partial charge in [0.15, 0.2) is 0 Å². The number of nitrogens with zero attached hydrogens (tertiary/aromatic N) is 1. The van der Waals surface area contributed by atoms with Crippen molar-refractivity contribution in [1.29, 1.82) is 5.26 Å². The number of thioether (sulfide) groups is 1. The van der Waals surface area contributed by atoms with Gasteiger partial charge in [0.05, 0.1) is 4.90 Å². The minimum absolute atomic E-state index is 0.354. The molecule has 1 nitrogen and oxygen atoms in total. The summed E-state index contributed by atoms with van der Waals surface area (Å²) in [5, 5.41) is 10.5. The molecule has 0 spiro atoms. The number of rotatable bonds is 3. The second kappa shape index (κ2) is 6.46. The van der Waals surface area contributed by atoms with Crippen LogP contribution in [0.5, 0.6) is 0 Å². The molecule has 0 aliphatic heterocycles. The van der Waals surface area contributed by atoms with Crippen molar-refractivity contribution in [2.45, 2.75) is 4.90 Å². The molecular formula is C19H12FNS. The van der Waals surface area contributed by atoms with Gasteiger partial charge in [-0.25, -0.2) is 4.39 Å². The maximum atomic E-state index is 13.9. The Bertz CT molecular complexity index is 820. The van der Waals surface area contributed by atoms with Gasteiger partial charge in [0, 0.05) is 0 Å². The lowest BCUT2D eigenvalue weighted by molar-refractivity contribution is 0.603. The third kappa shape index (κ3) is 3.03. The monoisotopic (exact) mass is 305 g/mol. The highest BCUT2D eigenvalue weighted by Crippen LogP contribution is 2.28. The topological polar surface area (TPSA) is 23.8 Å². The lowest BCUT2D eigenvalue weighted by Gasteiger charge is -2.06. The van der Waals surface area contributed by atoms with Crippen molar-refractivity contribution < 1.29 is 4.39 Å². The fourth-order valence-electron chi connectivity index (χ4n) is 2.30. The molecule has 3 rings (SSSR count). The summed E-state index contributed by atoms with van der Waals surface area (Å²) in [5.74, 6) is -0.365. The summed E-state index contributed by atoms with van der Waals surface area (Å²) in [7, 11) is 0. The molecule has 0 aliphatic carbocycles. The Hall–Kier alpha value is -2.57. The molecule has 3 aromatic rings. The molecule has 0 aliphatic rings. The average molecular weight is 305 g/mol. The van der Waals surface area contributed by atoms with Gasteiger partial charge < -0.3 is 0 Å². The van der Waals surface area contributed by atoms with Crippen LogP contribution in [0.15, 0.2) is 77.7 Å². The molecule has 0 fully saturated rings. The summed E-state index contributed by atoms with van der Waals surface area (Å²) in [6.45, 7) is 0. The third-order valence-electron chi connectivity index (χ3n) is 3.41. The first-order valence-electron chi connectivity index (χ1n) is 6.79. The van der Waals surface area contributed by atoms with Crippen LogP contribution < -0.4 is 0 Å². The van der Waals surface area contributed by atoms with Crippen molar-refractivity contribution in [1.82, 2.24) is 0 Å². The summed E-state index contributed by atoms with van der Waals surface area (Å²) in [6, 6.07) is 23.1. The molecule has 0 saturated heterocycles. The molecule has 0 amide bonds. The smallest absolute Gasteiger partial charge is 0.138 e. The number of halogens is 1. The summed E-state index contributed by atoms with van der Waals surface area (Å²) in [4.78, 5) is 0.354. The number of hydrogen-bond donors (Lipinski definition) is 0. The third-order valence-corrected chi connectivity index (χ3v) is 4.06. The van der Waals surface area contributed by atoms with Gasteiger partial charge in [-0.05, 0) is 46.1 Å². The highest BCUT2D eigenvalue weighted by atomic mass is 32.2. The van der Waals surface area contributed by atoms with Crippen molar-refractivity contribution in [2.75, 3.05) is 0 Å². The molecule has 0 atom stereocenters. The van der Waals surface area contributed by atoms with Crippen molar-refractivity contribution in [2.24, 2.45) is 0 Å². The molecular weight excluding hydrogens is 293 g/mol. The van der Waals surface area contributed by atoms with Crippen LogP contribution in [0.3, 0.4) is 0 Å². The minimum Gasteiger partial charge on any atom is -0.206 e. The lowest BCUT2D eigenvalue weighted by atomic mass is 10.0. The molecule has 106 valence electrons. The van der Waals surface area contributed by atoms with Gasteiger partial charge in [0.2, 0.25) is 0 Å². The Morgan fingerprint density at radius 2 is 1.27 bits per heavy atom. The fourth-order valence-corrected chi connectivity index (χ4v) is 2.69. The van der Waals surface area contributed by atoms with Crippen LogP contribution in [0.1, 0.15) is 0 Å². The zero-order chi connectivity index (χ0) is 15.4. The highest BCUT2D eigenvalue weighted by molar-refractivity contribution is 8.03. The maximum Gasteiger partial charge on any atom is 0.138 e. The predicted octanol–water partition coefficient (Wildman–Crippen LogP) is 5.73. The Kier molecular flexibility index (Phi) is 4.22. The van der Waals surface area contributed by atoms with Crippen LogP contribution in [-0.4, -0.2) is 0 Å². The van der Waals surface area contributed by atoms with Gasteiger partial charge in [0.25, 0.3) is 0 Å².